The summed E-state index contributed by atoms with van der Waals surface area (Å²) >= 11 is 0. The van der Waals surface area contributed by atoms with Crippen LogP contribution in [0.1, 0.15) is 18.9 Å². The van der Waals surface area contributed by atoms with Gasteiger partial charge in [-0.1, -0.05) is 18.2 Å². The summed E-state index contributed by atoms with van der Waals surface area (Å²) in [4.78, 5) is 25.9. The van der Waals surface area contributed by atoms with Crippen LogP contribution in [0.15, 0.2) is 24.3 Å². The zero-order valence-electron chi connectivity index (χ0n) is 11.6. The van der Waals surface area contributed by atoms with Gasteiger partial charge in [0.1, 0.15) is 0 Å². The highest BCUT2D eigenvalue weighted by atomic mass is 16.2. The SMILES string of the molecule is CC1CN(C(=O)C2CNC(=O)C2)c2ccccc2CN1. The Bertz CT molecular complexity index is 544. The van der Waals surface area contributed by atoms with Gasteiger partial charge >= 0.3 is 0 Å². The van der Waals surface area contributed by atoms with Crippen LogP contribution in [-0.2, 0) is 16.1 Å². The zero-order chi connectivity index (χ0) is 14.1. The zero-order valence-corrected chi connectivity index (χ0v) is 11.6. The van der Waals surface area contributed by atoms with E-state index in [9.17, 15) is 9.59 Å². The highest BCUT2D eigenvalue weighted by Gasteiger charge is 2.33. The van der Waals surface area contributed by atoms with Crippen molar-refractivity contribution in [3.63, 3.8) is 0 Å². The number of fused-ring (bicyclic) bond motifs is 1. The van der Waals surface area contributed by atoms with Crippen molar-refractivity contribution in [1.29, 1.82) is 0 Å². The lowest BCUT2D eigenvalue weighted by atomic mass is 10.1. The van der Waals surface area contributed by atoms with Gasteiger partial charge in [0.15, 0.2) is 0 Å². The summed E-state index contributed by atoms with van der Waals surface area (Å²) < 4.78 is 0. The van der Waals surface area contributed by atoms with Crippen molar-refractivity contribution in [2.75, 3.05) is 18.0 Å². The van der Waals surface area contributed by atoms with Gasteiger partial charge in [0.25, 0.3) is 0 Å². The minimum absolute atomic E-state index is 0.0300. The predicted molar refractivity (Wildman–Crippen MR) is 76.2 cm³/mol. The predicted octanol–water partition coefficient (Wildman–Crippen LogP) is 0.647. The summed E-state index contributed by atoms with van der Waals surface area (Å²) in [5.41, 5.74) is 2.09. The number of nitrogens with zero attached hydrogens (tertiary/aromatic N) is 1. The fourth-order valence-electron chi connectivity index (χ4n) is 2.85. The van der Waals surface area contributed by atoms with Gasteiger partial charge in [0.05, 0.1) is 5.92 Å². The van der Waals surface area contributed by atoms with Gasteiger partial charge in [-0.25, -0.2) is 0 Å². The molecule has 2 unspecified atom stereocenters. The van der Waals surface area contributed by atoms with Crippen molar-refractivity contribution >= 4 is 17.5 Å². The molecule has 2 aliphatic rings. The molecule has 0 aliphatic carbocycles. The van der Waals surface area contributed by atoms with E-state index >= 15 is 0 Å². The van der Waals surface area contributed by atoms with Crippen molar-refractivity contribution in [3.05, 3.63) is 29.8 Å². The molecule has 1 aromatic rings. The second-order valence-electron chi connectivity index (χ2n) is 5.56. The number of hydrogen-bond donors (Lipinski definition) is 2. The van der Waals surface area contributed by atoms with E-state index in [-0.39, 0.29) is 23.8 Å². The fraction of sp³-hybridized carbons (Fsp3) is 0.467. The van der Waals surface area contributed by atoms with Crippen LogP contribution in [0.2, 0.25) is 0 Å². The fourth-order valence-corrected chi connectivity index (χ4v) is 2.85. The average Bonchev–Trinajstić information content (AvgIpc) is 2.81. The third kappa shape index (κ3) is 2.41. The lowest BCUT2D eigenvalue weighted by Crippen LogP contribution is -2.43. The molecule has 3 rings (SSSR count). The Morgan fingerprint density at radius 1 is 1.35 bits per heavy atom. The van der Waals surface area contributed by atoms with Gasteiger partial charge in [0, 0.05) is 37.8 Å². The molecule has 0 saturated carbocycles. The van der Waals surface area contributed by atoms with E-state index in [1.165, 1.54) is 0 Å². The Kier molecular flexibility index (Phi) is 3.44. The summed E-state index contributed by atoms with van der Waals surface area (Å²) in [6, 6.07) is 8.19. The van der Waals surface area contributed by atoms with E-state index in [1.807, 2.05) is 29.2 Å². The first-order chi connectivity index (χ1) is 9.65. The van der Waals surface area contributed by atoms with Gasteiger partial charge in [-0.2, -0.15) is 0 Å². The van der Waals surface area contributed by atoms with Crippen LogP contribution < -0.4 is 15.5 Å². The number of rotatable bonds is 1. The Labute approximate surface area is 118 Å². The second kappa shape index (κ2) is 5.25. The van der Waals surface area contributed by atoms with Crippen molar-refractivity contribution < 1.29 is 9.59 Å². The Morgan fingerprint density at radius 2 is 2.15 bits per heavy atom. The molecule has 0 spiro atoms. The number of carbonyl (C=O) groups is 2. The summed E-state index contributed by atoms with van der Waals surface area (Å²) in [7, 11) is 0. The van der Waals surface area contributed by atoms with Crippen LogP contribution >= 0.6 is 0 Å². The molecule has 5 nitrogen and oxygen atoms in total. The molecule has 1 saturated heterocycles. The lowest BCUT2D eigenvalue weighted by molar-refractivity contribution is -0.124. The van der Waals surface area contributed by atoms with Crippen LogP contribution in [-0.4, -0.2) is 30.9 Å². The summed E-state index contributed by atoms with van der Waals surface area (Å²) in [5, 5.41) is 6.15. The number of carbonyl (C=O) groups excluding carboxylic acids is 2. The quantitative estimate of drug-likeness (QED) is 0.789. The molecular formula is C15H19N3O2. The summed E-state index contributed by atoms with van der Waals surface area (Å²) in [5.74, 6) is -0.218. The number of nitrogens with one attached hydrogen (secondary N) is 2. The van der Waals surface area contributed by atoms with Crippen LogP contribution in [0.4, 0.5) is 5.69 Å². The minimum atomic E-state index is -0.235. The molecule has 2 heterocycles. The molecule has 2 N–H and O–H groups in total. The largest absolute Gasteiger partial charge is 0.355 e. The first-order valence-corrected chi connectivity index (χ1v) is 7.04. The van der Waals surface area contributed by atoms with E-state index in [4.69, 9.17) is 0 Å². The topological polar surface area (TPSA) is 61.4 Å². The third-order valence-electron chi connectivity index (χ3n) is 3.97. The highest BCUT2D eigenvalue weighted by molar-refractivity contribution is 5.99. The number of anilines is 1. The normalized spacial score (nSPS) is 25.9. The first-order valence-electron chi connectivity index (χ1n) is 7.04. The molecule has 20 heavy (non-hydrogen) atoms. The van der Waals surface area contributed by atoms with E-state index in [2.05, 4.69) is 17.6 Å². The molecule has 106 valence electrons. The number of hydrogen-bond acceptors (Lipinski definition) is 3. The van der Waals surface area contributed by atoms with Crippen LogP contribution in [0.5, 0.6) is 0 Å². The smallest absolute Gasteiger partial charge is 0.232 e. The summed E-state index contributed by atoms with van der Waals surface area (Å²) in [6.07, 6.45) is 0.305. The number of para-hydroxylation sites is 1. The van der Waals surface area contributed by atoms with Crippen molar-refractivity contribution in [3.8, 4) is 0 Å². The van der Waals surface area contributed by atoms with Gasteiger partial charge in [-0.3, -0.25) is 9.59 Å². The molecule has 2 amide bonds. The standard InChI is InChI=1S/C15H19N3O2/c1-10-9-18(15(20)12-6-14(19)17-8-12)13-5-3-2-4-11(13)7-16-10/h2-5,10,12,16H,6-9H2,1H3,(H,17,19). The van der Waals surface area contributed by atoms with Gasteiger partial charge in [0.2, 0.25) is 11.8 Å². The molecule has 2 aliphatic heterocycles. The van der Waals surface area contributed by atoms with Crippen LogP contribution in [0.3, 0.4) is 0 Å². The molecule has 0 radical (unpaired) electrons. The molecular weight excluding hydrogens is 254 g/mol. The second-order valence-corrected chi connectivity index (χ2v) is 5.56. The first kappa shape index (κ1) is 13.1. The van der Waals surface area contributed by atoms with E-state index < -0.39 is 0 Å². The van der Waals surface area contributed by atoms with E-state index in [0.29, 0.717) is 19.5 Å². The van der Waals surface area contributed by atoms with Crippen LogP contribution in [0, 0.1) is 5.92 Å². The monoisotopic (exact) mass is 273 g/mol. The van der Waals surface area contributed by atoms with Crippen molar-refractivity contribution in [2.45, 2.75) is 25.9 Å². The Morgan fingerprint density at radius 3 is 2.90 bits per heavy atom. The maximum atomic E-state index is 12.7. The van der Waals surface area contributed by atoms with Gasteiger partial charge in [-0.15, -0.1) is 0 Å². The maximum absolute atomic E-state index is 12.7. The minimum Gasteiger partial charge on any atom is -0.355 e. The Hall–Kier alpha value is -1.88. The van der Waals surface area contributed by atoms with E-state index in [1.54, 1.807) is 0 Å². The lowest BCUT2D eigenvalue weighted by Gasteiger charge is -2.26. The van der Waals surface area contributed by atoms with Crippen LogP contribution in [0.25, 0.3) is 0 Å². The average molecular weight is 273 g/mol. The summed E-state index contributed by atoms with van der Waals surface area (Å²) in [6.45, 7) is 3.94. The maximum Gasteiger partial charge on any atom is 0.232 e. The number of amides is 2. The molecule has 0 aromatic heterocycles. The molecule has 0 bridgehead atoms. The highest BCUT2D eigenvalue weighted by Crippen LogP contribution is 2.26. The molecule has 1 fully saturated rings. The van der Waals surface area contributed by atoms with E-state index in [0.717, 1.165) is 17.8 Å². The molecule has 1 aromatic carbocycles. The third-order valence-corrected chi connectivity index (χ3v) is 3.97. The molecule has 5 heteroatoms. The number of benzene rings is 1. The van der Waals surface area contributed by atoms with Crippen molar-refractivity contribution in [1.82, 2.24) is 10.6 Å². The van der Waals surface area contributed by atoms with Crippen molar-refractivity contribution in [2.24, 2.45) is 5.92 Å². The Balaban J connectivity index is 1.90. The van der Waals surface area contributed by atoms with Gasteiger partial charge < -0.3 is 15.5 Å². The molecule has 2 atom stereocenters. The van der Waals surface area contributed by atoms with Gasteiger partial charge in [-0.05, 0) is 18.6 Å².